The minimum absolute atomic E-state index is 0.902. The van der Waals surface area contributed by atoms with Crippen molar-refractivity contribution in [1.82, 2.24) is 4.98 Å². The Balaban J connectivity index is 1.23. The van der Waals surface area contributed by atoms with E-state index < -0.39 is 0 Å². The van der Waals surface area contributed by atoms with Crippen LogP contribution in [0, 0.1) is 0 Å². The van der Waals surface area contributed by atoms with Gasteiger partial charge in [-0.25, -0.2) is 4.98 Å². The predicted molar refractivity (Wildman–Crippen MR) is 190 cm³/mol. The summed E-state index contributed by atoms with van der Waals surface area (Å²) < 4.78 is 2.46. The molecule has 0 saturated heterocycles. The van der Waals surface area contributed by atoms with E-state index in [9.17, 15) is 0 Å². The SMILES string of the molecule is c1ccc(-c2ccc(N(c3ccc4c(ccc5c6ccccc6ccc45)c3)c3ccc4sc5ccccc5c4n3)cc2)cc1. The van der Waals surface area contributed by atoms with Gasteiger partial charge in [-0.3, -0.25) is 4.90 Å². The first-order chi connectivity index (χ1) is 21.8. The third-order valence-corrected chi connectivity index (χ3v) is 9.78. The third kappa shape index (κ3) is 4.05. The van der Waals surface area contributed by atoms with Crippen LogP contribution in [0.15, 0.2) is 158 Å². The average molecular weight is 579 g/mol. The Morgan fingerprint density at radius 3 is 1.89 bits per heavy atom. The van der Waals surface area contributed by atoms with Crippen LogP contribution in [0.2, 0.25) is 0 Å². The second-order valence-electron chi connectivity index (χ2n) is 11.2. The van der Waals surface area contributed by atoms with Crippen molar-refractivity contribution in [1.29, 1.82) is 0 Å². The third-order valence-electron chi connectivity index (χ3n) is 8.65. The Bertz CT molecular complexity index is 2490. The second kappa shape index (κ2) is 10.0. The average Bonchev–Trinajstić information content (AvgIpc) is 3.47. The molecular weight excluding hydrogens is 553 g/mol. The van der Waals surface area contributed by atoms with Crippen LogP contribution < -0.4 is 4.90 Å². The van der Waals surface area contributed by atoms with Gasteiger partial charge < -0.3 is 0 Å². The van der Waals surface area contributed by atoms with Gasteiger partial charge in [0.25, 0.3) is 0 Å². The fraction of sp³-hybridized carbons (Fsp3) is 0. The van der Waals surface area contributed by atoms with Crippen molar-refractivity contribution >= 4 is 81.1 Å². The molecule has 0 radical (unpaired) electrons. The van der Waals surface area contributed by atoms with Gasteiger partial charge in [0.2, 0.25) is 0 Å². The van der Waals surface area contributed by atoms with Gasteiger partial charge in [-0.1, -0.05) is 115 Å². The zero-order valence-electron chi connectivity index (χ0n) is 23.8. The molecular formula is C41H26N2S. The van der Waals surface area contributed by atoms with Crippen LogP contribution in [0.25, 0.3) is 63.7 Å². The van der Waals surface area contributed by atoms with Gasteiger partial charge >= 0.3 is 0 Å². The molecule has 9 aromatic rings. The number of aromatic nitrogens is 1. The highest BCUT2D eigenvalue weighted by molar-refractivity contribution is 7.25. The molecule has 0 unspecified atom stereocenters. The molecule has 0 fully saturated rings. The molecule has 7 aromatic carbocycles. The van der Waals surface area contributed by atoms with Crippen molar-refractivity contribution in [3.63, 3.8) is 0 Å². The molecule has 0 saturated carbocycles. The molecule has 2 aromatic heterocycles. The number of pyridine rings is 1. The van der Waals surface area contributed by atoms with Crippen LogP contribution >= 0.6 is 11.3 Å². The smallest absolute Gasteiger partial charge is 0.138 e. The number of benzene rings is 7. The molecule has 2 nitrogen and oxygen atoms in total. The zero-order chi connectivity index (χ0) is 29.0. The Morgan fingerprint density at radius 1 is 0.409 bits per heavy atom. The van der Waals surface area contributed by atoms with Gasteiger partial charge in [0.15, 0.2) is 0 Å². The van der Waals surface area contributed by atoms with Crippen molar-refractivity contribution in [3.05, 3.63) is 158 Å². The van der Waals surface area contributed by atoms with E-state index in [1.165, 1.54) is 58.2 Å². The van der Waals surface area contributed by atoms with Gasteiger partial charge in [-0.05, 0) is 85.9 Å². The monoisotopic (exact) mass is 578 g/mol. The van der Waals surface area contributed by atoms with E-state index in [2.05, 4.69) is 163 Å². The molecule has 9 rings (SSSR count). The quantitative estimate of drug-likeness (QED) is 0.193. The fourth-order valence-electron chi connectivity index (χ4n) is 6.51. The summed E-state index contributed by atoms with van der Waals surface area (Å²) in [6.07, 6.45) is 0. The van der Waals surface area contributed by atoms with Crippen LogP contribution in [0.1, 0.15) is 0 Å². The predicted octanol–water partition coefficient (Wildman–Crippen LogP) is 12.0. The highest BCUT2D eigenvalue weighted by Gasteiger charge is 2.17. The van der Waals surface area contributed by atoms with E-state index in [0.29, 0.717) is 0 Å². The maximum atomic E-state index is 5.30. The molecule has 0 aliphatic rings. The van der Waals surface area contributed by atoms with Crippen molar-refractivity contribution in [3.8, 4) is 11.1 Å². The van der Waals surface area contributed by atoms with Crippen LogP contribution in [0.3, 0.4) is 0 Å². The Labute approximate surface area is 259 Å². The standard InChI is InChI=1S/C41H26N2S/c1-2-8-27(9-3-1)28-14-18-31(19-15-28)43(40-25-24-39-41(42-40)37-12-6-7-13-38(37)44-39)32-20-23-34-30(26-32)17-22-35-33-11-5-4-10-29(33)16-21-36(34)35/h1-26H. The first kappa shape index (κ1) is 25.0. The molecule has 44 heavy (non-hydrogen) atoms. The van der Waals surface area contributed by atoms with Gasteiger partial charge in [-0.2, -0.15) is 0 Å². The van der Waals surface area contributed by atoms with Gasteiger partial charge in [0.05, 0.1) is 10.2 Å². The van der Waals surface area contributed by atoms with Crippen molar-refractivity contribution < 1.29 is 0 Å². The number of nitrogens with zero attached hydrogens (tertiary/aromatic N) is 2. The van der Waals surface area contributed by atoms with E-state index in [-0.39, 0.29) is 0 Å². The summed E-state index contributed by atoms with van der Waals surface area (Å²) in [5, 5.41) is 8.77. The van der Waals surface area contributed by atoms with Crippen LogP contribution in [0.4, 0.5) is 17.2 Å². The second-order valence-corrected chi connectivity index (χ2v) is 12.3. The lowest BCUT2D eigenvalue weighted by Crippen LogP contribution is -2.11. The lowest BCUT2D eigenvalue weighted by atomic mass is 9.96. The first-order valence-corrected chi connectivity index (χ1v) is 15.7. The summed E-state index contributed by atoms with van der Waals surface area (Å²) >= 11 is 1.80. The molecule has 0 atom stereocenters. The van der Waals surface area contributed by atoms with Gasteiger partial charge in [0.1, 0.15) is 5.82 Å². The summed E-state index contributed by atoms with van der Waals surface area (Å²) in [7, 11) is 0. The summed E-state index contributed by atoms with van der Waals surface area (Å²) in [6.45, 7) is 0. The van der Waals surface area contributed by atoms with Gasteiger partial charge in [0, 0.05) is 21.5 Å². The molecule has 206 valence electrons. The maximum Gasteiger partial charge on any atom is 0.138 e. The Morgan fingerprint density at radius 2 is 1.05 bits per heavy atom. The summed E-state index contributed by atoms with van der Waals surface area (Å²) in [5.74, 6) is 0.902. The lowest BCUT2D eigenvalue weighted by molar-refractivity contribution is 1.21. The number of thiophene rings is 1. The van der Waals surface area contributed by atoms with E-state index in [1.807, 2.05) is 0 Å². The van der Waals surface area contributed by atoms with Crippen molar-refractivity contribution in [2.24, 2.45) is 0 Å². The number of hydrogen-bond acceptors (Lipinski definition) is 3. The summed E-state index contributed by atoms with van der Waals surface area (Å²) in [4.78, 5) is 7.58. The van der Waals surface area contributed by atoms with Crippen LogP contribution in [-0.4, -0.2) is 4.98 Å². The van der Waals surface area contributed by atoms with Crippen molar-refractivity contribution in [2.45, 2.75) is 0 Å². The molecule has 0 aliphatic heterocycles. The number of anilines is 3. The number of hydrogen-bond donors (Lipinski definition) is 0. The van der Waals surface area contributed by atoms with E-state index in [0.717, 1.165) is 22.7 Å². The fourth-order valence-corrected chi connectivity index (χ4v) is 7.55. The van der Waals surface area contributed by atoms with E-state index in [1.54, 1.807) is 11.3 Å². The minimum atomic E-state index is 0.902. The number of fused-ring (bicyclic) bond motifs is 8. The molecule has 0 amide bonds. The largest absolute Gasteiger partial charge is 0.295 e. The summed E-state index contributed by atoms with van der Waals surface area (Å²) in [5.41, 5.74) is 5.60. The maximum absolute atomic E-state index is 5.30. The molecule has 2 heterocycles. The normalized spacial score (nSPS) is 11.6. The molecule has 0 spiro atoms. The highest BCUT2D eigenvalue weighted by atomic mass is 32.1. The molecule has 0 aliphatic carbocycles. The first-order valence-electron chi connectivity index (χ1n) is 14.9. The van der Waals surface area contributed by atoms with E-state index >= 15 is 0 Å². The van der Waals surface area contributed by atoms with Gasteiger partial charge in [-0.15, -0.1) is 11.3 Å². The topological polar surface area (TPSA) is 16.1 Å². The van der Waals surface area contributed by atoms with Crippen LogP contribution in [-0.2, 0) is 0 Å². The van der Waals surface area contributed by atoms with E-state index in [4.69, 9.17) is 4.98 Å². The Hall–Kier alpha value is -5.51. The molecule has 0 bridgehead atoms. The number of rotatable bonds is 4. The van der Waals surface area contributed by atoms with Crippen molar-refractivity contribution in [2.75, 3.05) is 4.90 Å². The lowest BCUT2D eigenvalue weighted by Gasteiger charge is -2.25. The minimum Gasteiger partial charge on any atom is -0.295 e. The highest BCUT2D eigenvalue weighted by Crippen LogP contribution is 2.41. The Kier molecular flexibility index (Phi) is 5.71. The molecule has 0 N–H and O–H groups in total. The zero-order valence-corrected chi connectivity index (χ0v) is 24.6. The van der Waals surface area contributed by atoms with Crippen LogP contribution in [0.5, 0.6) is 0 Å². The molecule has 3 heteroatoms. The summed E-state index contributed by atoms with van der Waals surface area (Å²) in [6, 6.07) is 56.7.